The van der Waals surface area contributed by atoms with Crippen LogP contribution in [0, 0.1) is 10.1 Å². The zero-order chi connectivity index (χ0) is 14.3. The lowest BCUT2D eigenvalue weighted by Crippen LogP contribution is -2.16. The van der Waals surface area contributed by atoms with Gasteiger partial charge in [-0.15, -0.1) is 0 Å². The Kier molecular flexibility index (Phi) is 6.12. The fourth-order valence-corrected chi connectivity index (χ4v) is 1.96. The van der Waals surface area contributed by atoms with E-state index >= 15 is 0 Å². The van der Waals surface area contributed by atoms with Crippen LogP contribution in [0.2, 0.25) is 0 Å². The van der Waals surface area contributed by atoms with Gasteiger partial charge in [-0.3, -0.25) is 10.1 Å². The Morgan fingerprint density at radius 3 is 2.74 bits per heavy atom. The van der Waals surface area contributed by atoms with E-state index in [0.717, 1.165) is 12.8 Å². The molecule has 0 aliphatic rings. The van der Waals surface area contributed by atoms with E-state index in [2.05, 4.69) is 12.2 Å². The van der Waals surface area contributed by atoms with Gasteiger partial charge in [0.2, 0.25) is 0 Å². The number of nitrogens with zero attached hydrogens (tertiary/aromatic N) is 1. The van der Waals surface area contributed by atoms with E-state index in [4.69, 9.17) is 4.74 Å². The van der Waals surface area contributed by atoms with Gasteiger partial charge >= 0.3 is 0 Å². The zero-order valence-corrected chi connectivity index (χ0v) is 11.8. The Morgan fingerprint density at radius 2 is 2.16 bits per heavy atom. The number of ether oxygens (including phenoxy) is 1. The summed E-state index contributed by atoms with van der Waals surface area (Å²) < 4.78 is 5.11. The predicted molar refractivity (Wildman–Crippen MR) is 76.9 cm³/mol. The van der Waals surface area contributed by atoms with Crippen molar-refractivity contribution in [1.29, 1.82) is 0 Å². The first-order chi connectivity index (χ1) is 9.08. The smallest absolute Gasteiger partial charge is 0.292 e. The second-order valence-corrected chi connectivity index (χ2v) is 4.68. The van der Waals surface area contributed by atoms with Gasteiger partial charge < -0.3 is 10.1 Å². The first-order valence-corrected chi connectivity index (χ1v) is 6.67. The second-order valence-electron chi connectivity index (χ2n) is 4.68. The average molecular weight is 266 g/mol. The van der Waals surface area contributed by atoms with Crippen LogP contribution in [0.25, 0.3) is 0 Å². The van der Waals surface area contributed by atoms with Crippen molar-refractivity contribution >= 4 is 11.4 Å². The average Bonchev–Trinajstić information content (AvgIpc) is 2.38. The summed E-state index contributed by atoms with van der Waals surface area (Å²) in [6.45, 7) is 4.20. The lowest BCUT2D eigenvalue weighted by atomic mass is 10.1. The fraction of sp³-hybridized carbons (Fsp3) is 0.571. The van der Waals surface area contributed by atoms with Crippen molar-refractivity contribution in [3.63, 3.8) is 0 Å². The summed E-state index contributed by atoms with van der Waals surface area (Å²) in [5.74, 6) is 0.619. The Balaban J connectivity index is 2.76. The summed E-state index contributed by atoms with van der Waals surface area (Å²) in [6.07, 6.45) is 4.49. The molecule has 0 saturated carbocycles. The molecule has 1 unspecified atom stereocenters. The highest BCUT2D eigenvalue weighted by atomic mass is 16.6. The van der Waals surface area contributed by atoms with E-state index < -0.39 is 0 Å². The molecule has 0 spiro atoms. The molecule has 0 saturated heterocycles. The van der Waals surface area contributed by atoms with Gasteiger partial charge in [-0.1, -0.05) is 26.2 Å². The standard InChI is InChI=1S/C14H22N2O3/c1-4-5-6-7-11(2)15-13-10-12(19-3)8-9-14(13)16(17)18/h8-11,15H,4-7H2,1-3H3. The molecule has 5 nitrogen and oxygen atoms in total. The van der Waals surface area contributed by atoms with E-state index in [0.29, 0.717) is 11.4 Å². The van der Waals surface area contributed by atoms with Gasteiger partial charge in [-0.05, 0) is 19.4 Å². The summed E-state index contributed by atoms with van der Waals surface area (Å²) in [5.41, 5.74) is 0.608. The van der Waals surface area contributed by atoms with Gasteiger partial charge in [0, 0.05) is 18.2 Å². The predicted octanol–water partition coefficient (Wildman–Crippen LogP) is 3.98. The molecular formula is C14H22N2O3. The van der Waals surface area contributed by atoms with E-state index in [1.165, 1.54) is 18.9 Å². The van der Waals surface area contributed by atoms with Crippen molar-refractivity contribution in [2.45, 2.75) is 45.6 Å². The molecule has 1 aromatic rings. The highest BCUT2D eigenvalue weighted by Gasteiger charge is 2.16. The number of nitro groups is 1. The van der Waals surface area contributed by atoms with Crippen molar-refractivity contribution in [3.05, 3.63) is 28.3 Å². The van der Waals surface area contributed by atoms with Gasteiger partial charge in [0.05, 0.1) is 12.0 Å². The van der Waals surface area contributed by atoms with Crippen molar-refractivity contribution in [2.24, 2.45) is 0 Å². The van der Waals surface area contributed by atoms with Crippen LogP contribution in [0.15, 0.2) is 18.2 Å². The monoisotopic (exact) mass is 266 g/mol. The maximum absolute atomic E-state index is 11.0. The Labute approximate surface area is 114 Å². The van der Waals surface area contributed by atoms with Crippen LogP contribution in [0.1, 0.15) is 39.5 Å². The Morgan fingerprint density at radius 1 is 1.42 bits per heavy atom. The molecule has 1 rings (SSSR count). The number of unbranched alkanes of at least 4 members (excludes halogenated alkanes) is 2. The number of methoxy groups -OCH3 is 1. The molecule has 5 heteroatoms. The first-order valence-electron chi connectivity index (χ1n) is 6.67. The zero-order valence-electron chi connectivity index (χ0n) is 11.8. The SMILES string of the molecule is CCCCCC(C)Nc1cc(OC)ccc1[N+](=O)[O-]. The van der Waals surface area contributed by atoms with Gasteiger partial charge in [-0.2, -0.15) is 0 Å². The van der Waals surface area contributed by atoms with E-state index in [1.54, 1.807) is 19.2 Å². The molecule has 19 heavy (non-hydrogen) atoms. The lowest BCUT2D eigenvalue weighted by molar-refractivity contribution is -0.384. The van der Waals surface area contributed by atoms with Gasteiger partial charge in [0.15, 0.2) is 0 Å². The van der Waals surface area contributed by atoms with Crippen molar-refractivity contribution in [3.8, 4) is 5.75 Å². The third kappa shape index (κ3) is 4.77. The van der Waals surface area contributed by atoms with Crippen LogP contribution < -0.4 is 10.1 Å². The van der Waals surface area contributed by atoms with Gasteiger partial charge in [0.25, 0.3) is 5.69 Å². The van der Waals surface area contributed by atoms with Crippen LogP contribution in [0.5, 0.6) is 5.75 Å². The fourth-order valence-electron chi connectivity index (χ4n) is 1.96. The molecule has 1 atom stereocenters. The first kappa shape index (κ1) is 15.3. The highest BCUT2D eigenvalue weighted by Crippen LogP contribution is 2.29. The maximum Gasteiger partial charge on any atom is 0.292 e. The Hall–Kier alpha value is -1.78. The van der Waals surface area contributed by atoms with Crippen LogP contribution in [0.4, 0.5) is 11.4 Å². The molecule has 0 fully saturated rings. The number of benzene rings is 1. The number of anilines is 1. The molecule has 0 radical (unpaired) electrons. The summed E-state index contributed by atoms with van der Waals surface area (Å²) in [5, 5.41) is 14.2. The highest BCUT2D eigenvalue weighted by molar-refractivity contribution is 5.64. The topological polar surface area (TPSA) is 64.4 Å². The third-order valence-electron chi connectivity index (χ3n) is 3.04. The van der Waals surface area contributed by atoms with Crippen LogP contribution in [-0.2, 0) is 0 Å². The van der Waals surface area contributed by atoms with Crippen LogP contribution in [-0.4, -0.2) is 18.1 Å². The Bertz CT molecular complexity index is 421. The van der Waals surface area contributed by atoms with E-state index in [-0.39, 0.29) is 16.7 Å². The number of hydrogen-bond donors (Lipinski definition) is 1. The summed E-state index contributed by atoms with van der Waals surface area (Å²) in [4.78, 5) is 10.6. The maximum atomic E-state index is 11.0. The molecule has 0 aliphatic carbocycles. The second kappa shape index (κ2) is 7.61. The minimum Gasteiger partial charge on any atom is -0.497 e. The molecule has 106 valence electrons. The minimum absolute atomic E-state index is 0.0862. The molecule has 1 aromatic carbocycles. The van der Waals surface area contributed by atoms with Crippen molar-refractivity contribution in [2.75, 3.05) is 12.4 Å². The molecular weight excluding hydrogens is 244 g/mol. The summed E-state index contributed by atoms with van der Waals surface area (Å²) >= 11 is 0. The quantitative estimate of drug-likeness (QED) is 0.439. The molecule has 0 amide bonds. The van der Waals surface area contributed by atoms with Gasteiger partial charge in [-0.25, -0.2) is 0 Å². The molecule has 0 aliphatic heterocycles. The molecule has 1 N–H and O–H groups in total. The van der Waals surface area contributed by atoms with Crippen LogP contribution >= 0.6 is 0 Å². The minimum atomic E-state index is -0.374. The normalized spacial score (nSPS) is 11.9. The van der Waals surface area contributed by atoms with Gasteiger partial charge in [0.1, 0.15) is 11.4 Å². The van der Waals surface area contributed by atoms with E-state index in [9.17, 15) is 10.1 Å². The number of rotatable bonds is 8. The molecule has 0 bridgehead atoms. The van der Waals surface area contributed by atoms with Crippen molar-refractivity contribution in [1.82, 2.24) is 0 Å². The summed E-state index contributed by atoms with van der Waals surface area (Å²) in [7, 11) is 1.55. The summed E-state index contributed by atoms with van der Waals surface area (Å²) in [6, 6.07) is 4.96. The van der Waals surface area contributed by atoms with Crippen molar-refractivity contribution < 1.29 is 9.66 Å². The number of nitro benzene ring substituents is 1. The van der Waals surface area contributed by atoms with E-state index in [1.807, 2.05) is 6.92 Å². The van der Waals surface area contributed by atoms with Crippen LogP contribution in [0.3, 0.4) is 0 Å². The number of hydrogen-bond acceptors (Lipinski definition) is 4. The largest absolute Gasteiger partial charge is 0.497 e. The molecule has 0 heterocycles. The molecule has 0 aromatic heterocycles. The lowest BCUT2D eigenvalue weighted by Gasteiger charge is -2.15. The number of nitrogens with one attached hydrogen (secondary N) is 1. The third-order valence-corrected chi connectivity index (χ3v) is 3.04.